The van der Waals surface area contributed by atoms with E-state index < -0.39 is 23.6 Å². The van der Waals surface area contributed by atoms with Gasteiger partial charge < -0.3 is 25.4 Å². The van der Waals surface area contributed by atoms with Gasteiger partial charge in [-0.2, -0.15) is 0 Å². The molecule has 41 heavy (non-hydrogen) atoms. The van der Waals surface area contributed by atoms with Gasteiger partial charge >= 0.3 is 0 Å². The molecule has 1 unspecified atom stereocenters. The van der Waals surface area contributed by atoms with Crippen molar-refractivity contribution in [2.24, 2.45) is 5.41 Å². The van der Waals surface area contributed by atoms with Gasteiger partial charge in [0.05, 0.1) is 28.2 Å². The van der Waals surface area contributed by atoms with E-state index in [-0.39, 0.29) is 43.1 Å². The Balaban J connectivity index is 1.63. The van der Waals surface area contributed by atoms with Crippen LogP contribution in [-0.4, -0.2) is 63.7 Å². The molecule has 3 amide bonds. The van der Waals surface area contributed by atoms with Gasteiger partial charge in [0.15, 0.2) is 0 Å². The van der Waals surface area contributed by atoms with Gasteiger partial charge in [0, 0.05) is 25.8 Å². The third kappa shape index (κ3) is 8.94. The van der Waals surface area contributed by atoms with Gasteiger partial charge in [-0.25, -0.2) is 4.98 Å². The van der Waals surface area contributed by atoms with E-state index in [4.69, 9.17) is 0 Å². The van der Waals surface area contributed by atoms with Crippen molar-refractivity contribution in [1.82, 2.24) is 20.5 Å². The zero-order valence-electron chi connectivity index (χ0n) is 24.8. The first-order valence-electron chi connectivity index (χ1n) is 14.4. The summed E-state index contributed by atoms with van der Waals surface area (Å²) in [5.41, 5.74) is 4.18. The largest absolute Gasteiger partial charge is 0.391 e. The number of likely N-dealkylation sites (tertiary alicyclic amines) is 1. The van der Waals surface area contributed by atoms with E-state index in [2.05, 4.69) is 15.6 Å². The van der Waals surface area contributed by atoms with E-state index in [0.717, 1.165) is 47.2 Å². The smallest absolute Gasteiger partial charge is 0.246 e. The summed E-state index contributed by atoms with van der Waals surface area (Å²) in [6.07, 6.45) is 4.23. The van der Waals surface area contributed by atoms with Crippen LogP contribution in [0.3, 0.4) is 0 Å². The lowest BCUT2D eigenvalue weighted by Gasteiger charge is -2.35. The second-order valence-corrected chi connectivity index (χ2v) is 12.9. The zero-order chi connectivity index (χ0) is 30.2. The summed E-state index contributed by atoms with van der Waals surface area (Å²) in [6, 6.07) is 5.98. The number of thiazole rings is 1. The first-order chi connectivity index (χ1) is 19.4. The van der Waals surface area contributed by atoms with Crippen LogP contribution in [0.2, 0.25) is 0 Å². The van der Waals surface area contributed by atoms with Crippen LogP contribution in [0.4, 0.5) is 0 Å². The number of nitrogens with zero attached hydrogens (tertiary/aromatic N) is 2. The van der Waals surface area contributed by atoms with Crippen LogP contribution in [-0.2, 0) is 19.2 Å². The molecule has 4 atom stereocenters. The fraction of sp³-hybridized carbons (Fsp3) is 0.581. The minimum Gasteiger partial charge on any atom is -0.391 e. The number of amides is 3. The number of aliphatic hydroxyl groups excluding tert-OH is 1. The van der Waals surface area contributed by atoms with Crippen molar-refractivity contribution in [2.75, 3.05) is 6.54 Å². The quantitative estimate of drug-likeness (QED) is 0.238. The molecule has 10 heteroatoms. The first-order valence-corrected chi connectivity index (χ1v) is 15.3. The average Bonchev–Trinajstić information content (AvgIpc) is 3.53. The maximum Gasteiger partial charge on any atom is 0.246 e. The molecule has 1 fully saturated rings. The van der Waals surface area contributed by atoms with Gasteiger partial charge in [0.25, 0.3) is 0 Å². The van der Waals surface area contributed by atoms with Crippen LogP contribution < -0.4 is 10.6 Å². The van der Waals surface area contributed by atoms with Gasteiger partial charge in [-0.15, -0.1) is 11.3 Å². The Morgan fingerprint density at radius 1 is 1.12 bits per heavy atom. The molecule has 2 aromatic rings. The van der Waals surface area contributed by atoms with E-state index in [1.54, 1.807) is 11.3 Å². The van der Waals surface area contributed by atoms with E-state index >= 15 is 0 Å². The molecular formula is C31H44N4O5S. The number of aliphatic hydroxyl groups is 1. The molecule has 0 saturated carbocycles. The van der Waals surface area contributed by atoms with Crippen molar-refractivity contribution in [3.8, 4) is 10.4 Å². The Kier molecular flexibility index (Phi) is 11.6. The van der Waals surface area contributed by atoms with E-state index in [9.17, 15) is 24.3 Å². The van der Waals surface area contributed by atoms with Crippen molar-refractivity contribution in [1.29, 1.82) is 0 Å². The Bertz CT molecular complexity index is 1190. The highest BCUT2D eigenvalue weighted by Gasteiger charge is 2.44. The molecule has 0 spiro atoms. The molecule has 1 aromatic heterocycles. The monoisotopic (exact) mass is 584 g/mol. The van der Waals surface area contributed by atoms with Crippen LogP contribution in [0.15, 0.2) is 29.8 Å². The third-order valence-electron chi connectivity index (χ3n) is 7.54. The van der Waals surface area contributed by atoms with Crippen LogP contribution in [0, 0.1) is 12.3 Å². The van der Waals surface area contributed by atoms with Gasteiger partial charge in [0.1, 0.15) is 18.4 Å². The fourth-order valence-electron chi connectivity index (χ4n) is 5.12. The molecule has 1 aliphatic rings. The first kappa shape index (κ1) is 32.4. The highest BCUT2D eigenvalue weighted by atomic mass is 32.1. The number of aromatic nitrogens is 1. The molecule has 0 radical (unpaired) electrons. The second kappa shape index (κ2) is 14.7. The minimum atomic E-state index is -0.842. The molecule has 0 aliphatic carbocycles. The molecule has 224 valence electrons. The van der Waals surface area contributed by atoms with Gasteiger partial charge in [-0.1, -0.05) is 57.9 Å². The maximum atomic E-state index is 13.8. The normalized spacial score (nSPS) is 18.5. The fourth-order valence-corrected chi connectivity index (χ4v) is 5.93. The number of benzene rings is 1. The molecular weight excluding hydrogens is 540 g/mol. The number of hydrogen-bond donors (Lipinski definition) is 3. The molecule has 3 N–H and O–H groups in total. The highest BCUT2D eigenvalue weighted by Crippen LogP contribution is 2.29. The molecule has 1 aromatic carbocycles. The number of rotatable bonds is 13. The van der Waals surface area contributed by atoms with E-state index in [1.807, 2.05) is 64.4 Å². The van der Waals surface area contributed by atoms with E-state index in [1.165, 1.54) is 4.90 Å². The molecule has 1 saturated heterocycles. The van der Waals surface area contributed by atoms with Gasteiger partial charge in [0.2, 0.25) is 17.7 Å². The summed E-state index contributed by atoms with van der Waals surface area (Å²) in [6.45, 7) is 9.51. The summed E-state index contributed by atoms with van der Waals surface area (Å²) < 4.78 is 0. The summed E-state index contributed by atoms with van der Waals surface area (Å²) in [4.78, 5) is 57.2. The van der Waals surface area contributed by atoms with Crippen molar-refractivity contribution < 1.29 is 24.3 Å². The standard InChI is InChI=1S/C31H44N4O5S/c1-20(22-12-14-23(15-13-22)27-21(2)32-19-41-27)33-29(39)25-17-24(37)18-35(25)30(40)28(31(3,4)5)34-26(38)11-9-7-6-8-10-16-36/h12-16,19-20,24-25,28,37H,6-11,17-18H2,1-5H3,(H,33,39)(H,34,38)/t20-,24+,25-,28?/m0/s1. The molecule has 2 heterocycles. The minimum absolute atomic E-state index is 0.0351. The molecule has 3 rings (SSSR count). The number of β-amino-alcohol motifs (C(OH)–C–C–N with tert-alkyl or cyclic N) is 1. The number of nitrogens with one attached hydrogen (secondary N) is 2. The van der Waals surface area contributed by atoms with Gasteiger partial charge in [-0.05, 0) is 43.2 Å². The van der Waals surface area contributed by atoms with Crippen LogP contribution >= 0.6 is 11.3 Å². The number of unbranched alkanes of at least 4 members (excludes halogenated alkanes) is 4. The lowest BCUT2D eigenvalue weighted by Crippen LogP contribution is -2.57. The Hall–Kier alpha value is -3.11. The number of carbonyl (C=O) groups excluding carboxylic acids is 4. The molecule has 0 bridgehead atoms. The Labute approximate surface area is 247 Å². The van der Waals surface area contributed by atoms with Crippen molar-refractivity contribution in [2.45, 2.75) is 104 Å². The lowest BCUT2D eigenvalue weighted by molar-refractivity contribution is -0.144. The number of carbonyl (C=O) groups is 4. The van der Waals surface area contributed by atoms with Crippen molar-refractivity contribution >= 4 is 35.3 Å². The Morgan fingerprint density at radius 2 is 1.80 bits per heavy atom. The van der Waals surface area contributed by atoms with Crippen LogP contribution in [0.5, 0.6) is 0 Å². The predicted molar refractivity (Wildman–Crippen MR) is 160 cm³/mol. The summed E-state index contributed by atoms with van der Waals surface area (Å²) in [5.74, 6) is -0.926. The number of aryl methyl sites for hydroxylation is 1. The molecule has 1 aliphatic heterocycles. The van der Waals surface area contributed by atoms with Crippen LogP contribution in [0.25, 0.3) is 10.4 Å². The SMILES string of the molecule is Cc1ncsc1-c1ccc([C@H](C)NC(=O)[C@@H]2C[C@@H](O)CN2C(=O)C(NC(=O)CCCCCCC=O)C(C)(C)C)cc1. The van der Waals surface area contributed by atoms with Crippen molar-refractivity contribution in [3.05, 3.63) is 41.0 Å². The molecule has 9 nitrogen and oxygen atoms in total. The Morgan fingerprint density at radius 3 is 2.41 bits per heavy atom. The van der Waals surface area contributed by atoms with Gasteiger partial charge in [-0.3, -0.25) is 14.4 Å². The van der Waals surface area contributed by atoms with Crippen LogP contribution in [0.1, 0.15) is 89.9 Å². The maximum absolute atomic E-state index is 13.8. The summed E-state index contributed by atoms with van der Waals surface area (Å²) in [5, 5.41) is 16.4. The number of aldehydes is 1. The lowest BCUT2D eigenvalue weighted by atomic mass is 9.85. The zero-order valence-corrected chi connectivity index (χ0v) is 25.6. The predicted octanol–water partition coefficient (Wildman–Crippen LogP) is 4.33. The van der Waals surface area contributed by atoms with E-state index in [0.29, 0.717) is 12.8 Å². The topological polar surface area (TPSA) is 129 Å². The number of hydrogen-bond acceptors (Lipinski definition) is 7. The summed E-state index contributed by atoms with van der Waals surface area (Å²) in [7, 11) is 0. The highest BCUT2D eigenvalue weighted by molar-refractivity contribution is 7.13. The summed E-state index contributed by atoms with van der Waals surface area (Å²) >= 11 is 1.58. The average molecular weight is 585 g/mol. The second-order valence-electron chi connectivity index (χ2n) is 12.0. The third-order valence-corrected chi connectivity index (χ3v) is 8.51. The van der Waals surface area contributed by atoms with Crippen molar-refractivity contribution in [3.63, 3.8) is 0 Å².